The van der Waals surface area contributed by atoms with Crippen molar-refractivity contribution < 1.29 is 17.9 Å². The van der Waals surface area contributed by atoms with Crippen LogP contribution < -0.4 is 14.8 Å². The number of anilines is 1. The molecule has 0 aromatic heterocycles. The van der Waals surface area contributed by atoms with Crippen LogP contribution in [-0.2, 0) is 21.2 Å². The lowest BCUT2D eigenvalue weighted by molar-refractivity contribution is -0.117. The summed E-state index contributed by atoms with van der Waals surface area (Å²) in [5.74, 6) is 0.421. The van der Waals surface area contributed by atoms with Crippen molar-refractivity contribution >= 4 is 21.6 Å². The highest BCUT2D eigenvalue weighted by atomic mass is 32.2. The highest BCUT2D eigenvalue weighted by Crippen LogP contribution is 2.32. The fourth-order valence-electron chi connectivity index (χ4n) is 2.81. The van der Waals surface area contributed by atoms with Crippen LogP contribution in [0.2, 0.25) is 0 Å². The van der Waals surface area contributed by atoms with E-state index in [1.54, 1.807) is 4.90 Å². The second kappa shape index (κ2) is 4.75. The molecule has 2 N–H and O–H groups in total. The smallest absolute Gasteiger partial charge is 0.227 e. The van der Waals surface area contributed by atoms with Crippen molar-refractivity contribution in [2.75, 3.05) is 23.8 Å². The Morgan fingerprint density at radius 1 is 1.40 bits per heavy atom. The number of hydrogen-bond acceptors (Lipinski definition) is 4. The summed E-state index contributed by atoms with van der Waals surface area (Å²) in [7, 11) is -3.55. The Morgan fingerprint density at radius 3 is 2.95 bits per heavy atom. The lowest BCUT2D eigenvalue weighted by Gasteiger charge is -2.17. The summed E-state index contributed by atoms with van der Waals surface area (Å²) < 4.78 is 27.7. The van der Waals surface area contributed by atoms with Gasteiger partial charge < -0.3 is 9.64 Å². The maximum absolute atomic E-state index is 12.0. The van der Waals surface area contributed by atoms with Gasteiger partial charge in [0.05, 0.1) is 12.4 Å². The van der Waals surface area contributed by atoms with Crippen LogP contribution in [0.3, 0.4) is 0 Å². The van der Waals surface area contributed by atoms with Crippen LogP contribution in [0.15, 0.2) is 18.2 Å². The minimum Gasteiger partial charge on any atom is -0.493 e. The molecule has 7 heteroatoms. The summed E-state index contributed by atoms with van der Waals surface area (Å²) in [5, 5.41) is 5.04. The van der Waals surface area contributed by atoms with Gasteiger partial charge in [-0.25, -0.2) is 13.6 Å². The number of nitrogens with two attached hydrogens (primary N) is 1. The fraction of sp³-hybridized carbons (Fsp3) is 0.462. The van der Waals surface area contributed by atoms with Gasteiger partial charge >= 0.3 is 0 Å². The number of carbonyl (C=O) groups excluding carboxylic acids is 1. The quantitative estimate of drug-likeness (QED) is 0.866. The molecule has 2 aliphatic rings. The van der Waals surface area contributed by atoms with E-state index < -0.39 is 10.0 Å². The van der Waals surface area contributed by atoms with E-state index >= 15 is 0 Å². The predicted molar refractivity (Wildman–Crippen MR) is 74.1 cm³/mol. The van der Waals surface area contributed by atoms with E-state index in [0.717, 1.165) is 23.4 Å². The second-order valence-corrected chi connectivity index (χ2v) is 6.95. The van der Waals surface area contributed by atoms with E-state index in [4.69, 9.17) is 9.88 Å². The highest BCUT2D eigenvalue weighted by Gasteiger charge is 2.33. The van der Waals surface area contributed by atoms with Crippen LogP contribution in [0, 0.1) is 5.92 Å². The fourth-order valence-corrected chi connectivity index (χ4v) is 3.69. The standard InChI is InChI=1S/C13H16N2O4S/c14-20(17,18)8-9-5-13(16)15(7-9)11-1-2-12-10(6-11)3-4-19-12/h1-2,6,9H,3-5,7-8H2,(H2,14,17,18). The normalized spacial score (nSPS) is 21.9. The van der Waals surface area contributed by atoms with Gasteiger partial charge in [-0.2, -0.15) is 0 Å². The molecule has 1 fully saturated rings. The SMILES string of the molecule is NS(=O)(=O)CC1CC(=O)N(c2ccc3c(c2)CCO3)C1. The zero-order valence-electron chi connectivity index (χ0n) is 10.9. The van der Waals surface area contributed by atoms with Crippen LogP contribution >= 0.6 is 0 Å². The summed E-state index contributed by atoms with van der Waals surface area (Å²) in [4.78, 5) is 13.7. The predicted octanol–water partition coefficient (Wildman–Crippen LogP) is 0.263. The van der Waals surface area contributed by atoms with Crippen LogP contribution in [0.25, 0.3) is 0 Å². The summed E-state index contributed by atoms with van der Waals surface area (Å²) in [6.07, 6.45) is 1.07. The Balaban J connectivity index is 1.79. The lowest BCUT2D eigenvalue weighted by atomic mass is 10.1. The van der Waals surface area contributed by atoms with Crippen molar-refractivity contribution in [2.24, 2.45) is 11.1 Å². The Labute approximate surface area is 117 Å². The molecule has 0 saturated carbocycles. The molecular formula is C13H16N2O4S. The van der Waals surface area contributed by atoms with Crippen molar-refractivity contribution in [3.8, 4) is 5.75 Å². The van der Waals surface area contributed by atoms with Crippen LogP contribution in [-0.4, -0.2) is 33.2 Å². The molecule has 0 spiro atoms. The van der Waals surface area contributed by atoms with Gasteiger partial charge in [0, 0.05) is 31.0 Å². The molecule has 1 aromatic rings. The molecule has 6 nitrogen and oxygen atoms in total. The molecule has 3 rings (SSSR count). The number of benzene rings is 1. The van der Waals surface area contributed by atoms with Crippen LogP contribution in [0.5, 0.6) is 5.75 Å². The molecule has 0 bridgehead atoms. The molecule has 1 amide bonds. The third-order valence-electron chi connectivity index (χ3n) is 3.66. The molecular weight excluding hydrogens is 280 g/mol. The van der Waals surface area contributed by atoms with Gasteiger partial charge in [-0.3, -0.25) is 4.79 Å². The Bertz CT molecular complexity index is 656. The summed E-state index contributed by atoms with van der Waals surface area (Å²) in [6.45, 7) is 1.07. The molecule has 0 radical (unpaired) electrons. The van der Waals surface area contributed by atoms with E-state index in [9.17, 15) is 13.2 Å². The van der Waals surface area contributed by atoms with Crippen LogP contribution in [0.4, 0.5) is 5.69 Å². The first-order valence-corrected chi connectivity index (χ1v) is 8.20. The number of ether oxygens (including phenoxy) is 1. The first-order chi connectivity index (χ1) is 9.42. The summed E-state index contributed by atoms with van der Waals surface area (Å²) >= 11 is 0. The molecule has 2 heterocycles. The summed E-state index contributed by atoms with van der Waals surface area (Å²) in [6, 6.07) is 5.64. The first kappa shape index (κ1) is 13.4. The van der Waals surface area contributed by atoms with E-state index in [-0.39, 0.29) is 24.0 Å². The third-order valence-corrected chi connectivity index (χ3v) is 4.59. The molecule has 1 atom stereocenters. The lowest BCUT2D eigenvalue weighted by Crippen LogP contribution is -2.27. The van der Waals surface area contributed by atoms with Crippen molar-refractivity contribution in [3.63, 3.8) is 0 Å². The van der Waals surface area contributed by atoms with Gasteiger partial charge in [-0.15, -0.1) is 0 Å². The largest absolute Gasteiger partial charge is 0.493 e. The second-order valence-electron chi connectivity index (χ2n) is 5.29. The first-order valence-electron chi connectivity index (χ1n) is 6.49. The van der Waals surface area contributed by atoms with E-state index in [1.807, 2.05) is 18.2 Å². The average Bonchev–Trinajstić information content (AvgIpc) is 2.92. The number of sulfonamides is 1. The Hall–Kier alpha value is -1.60. The van der Waals surface area contributed by atoms with Gasteiger partial charge in [0.25, 0.3) is 0 Å². The highest BCUT2D eigenvalue weighted by molar-refractivity contribution is 7.89. The van der Waals surface area contributed by atoms with E-state index in [2.05, 4.69) is 0 Å². The number of nitrogens with zero attached hydrogens (tertiary/aromatic N) is 1. The van der Waals surface area contributed by atoms with E-state index in [0.29, 0.717) is 13.2 Å². The Morgan fingerprint density at radius 2 is 2.20 bits per heavy atom. The minimum absolute atomic E-state index is 0.0579. The average molecular weight is 296 g/mol. The maximum atomic E-state index is 12.0. The zero-order chi connectivity index (χ0) is 14.3. The van der Waals surface area contributed by atoms with Crippen molar-refractivity contribution in [2.45, 2.75) is 12.8 Å². The molecule has 20 heavy (non-hydrogen) atoms. The van der Waals surface area contributed by atoms with E-state index in [1.165, 1.54) is 0 Å². The number of fused-ring (bicyclic) bond motifs is 1. The van der Waals surface area contributed by atoms with Gasteiger partial charge in [0.2, 0.25) is 15.9 Å². The van der Waals surface area contributed by atoms with Crippen molar-refractivity contribution in [1.29, 1.82) is 0 Å². The maximum Gasteiger partial charge on any atom is 0.227 e. The van der Waals surface area contributed by atoms with Gasteiger partial charge in [-0.1, -0.05) is 0 Å². The topological polar surface area (TPSA) is 89.7 Å². The van der Waals surface area contributed by atoms with Crippen molar-refractivity contribution in [1.82, 2.24) is 0 Å². The zero-order valence-corrected chi connectivity index (χ0v) is 11.7. The molecule has 1 aromatic carbocycles. The van der Waals surface area contributed by atoms with Gasteiger partial charge in [0.1, 0.15) is 5.75 Å². The molecule has 2 aliphatic heterocycles. The molecule has 0 aliphatic carbocycles. The number of primary sulfonamides is 1. The number of amides is 1. The molecule has 1 unspecified atom stereocenters. The monoisotopic (exact) mass is 296 g/mol. The van der Waals surface area contributed by atoms with Crippen LogP contribution in [0.1, 0.15) is 12.0 Å². The number of hydrogen-bond donors (Lipinski definition) is 1. The summed E-state index contributed by atoms with van der Waals surface area (Å²) in [5.41, 5.74) is 1.89. The van der Waals surface area contributed by atoms with Gasteiger partial charge in [-0.05, 0) is 23.8 Å². The molecule has 108 valence electrons. The third kappa shape index (κ3) is 2.64. The Kier molecular flexibility index (Phi) is 3.18. The molecule has 1 saturated heterocycles. The number of carbonyl (C=O) groups is 1. The number of rotatable bonds is 3. The van der Waals surface area contributed by atoms with Gasteiger partial charge in [0.15, 0.2) is 0 Å². The minimum atomic E-state index is -3.55. The van der Waals surface area contributed by atoms with Crippen molar-refractivity contribution in [3.05, 3.63) is 23.8 Å².